The minimum Gasteiger partial charge on any atom is -0.497 e. The third kappa shape index (κ3) is 2.88. The number of hydrazone groups is 1. The highest BCUT2D eigenvalue weighted by Crippen LogP contribution is 2.26. The van der Waals surface area contributed by atoms with Crippen molar-refractivity contribution in [3.05, 3.63) is 23.2 Å². The maximum Gasteiger partial charge on any atom is 0.237 e. The maximum atomic E-state index is 8.46. The minimum atomic E-state index is -0.271. The van der Waals surface area contributed by atoms with E-state index in [2.05, 4.69) is 10.5 Å². The second kappa shape index (κ2) is 5.59. The number of nitrogens with zero attached hydrogens (tertiary/aromatic N) is 3. The molecule has 1 aromatic carbocycles. The van der Waals surface area contributed by atoms with Gasteiger partial charge in [-0.15, -0.1) is 0 Å². The summed E-state index contributed by atoms with van der Waals surface area (Å²) in [4.78, 5) is 0. The number of ether oxygens (including phenoxy) is 1. The van der Waals surface area contributed by atoms with Gasteiger partial charge in [0.1, 0.15) is 17.9 Å². The first-order valence-corrected chi connectivity index (χ1v) is 4.56. The molecule has 0 aliphatic heterocycles. The summed E-state index contributed by atoms with van der Waals surface area (Å²) in [7, 11) is 1.53. The molecule has 1 aromatic rings. The van der Waals surface area contributed by atoms with Gasteiger partial charge in [0.05, 0.1) is 17.8 Å². The van der Waals surface area contributed by atoms with Gasteiger partial charge in [0.25, 0.3) is 0 Å². The van der Waals surface area contributed by atoms with Gasteiger partial charge in [-0.2, -0.15) is 15.6 Å². The van der Waals surface area contributed by atoms with E-state index >= 15 is 0 Å². The van der Waals surface area contributed by atoms with E-state index in [1.54, 1.807) is 30.3 Å². The molecule has 1 rings (SSSR count). The largest absolute Gasteiger partial charge is 0.497 e. The van der Waals surface area contributed by atoms with Crippen LogP contribution in [0, 0.1) is 22.7 Å². The van der Waals surface area contributed by atoms with Gasteiger partial charge >= 0.3 is 0 Å². The van der Waals surface area contributed by atoms with Crippen LogP contribution in [0.2, 0.25) is 5.02 Å². The molecule has 1 N–H and O–H groups in total. The zero-order chi connectivity index (χ0) is 12.0. The fourth-order valence-electron chi connectivity index (χ4n) is 0.905. The number of benzene rings is 1. The molecule has 0 atom stereocenters. The Morgan fingerprint density at radius 2 is 2.12 bits per heavy atom. The molecule has 0 bridgehead atoms. The van der Waals surface area contributed by atoms with E-state index in [9.17, 15) is 0 Å². The van der Waals surface area contributed by atoms with Crippen LogP contribution >= 0.6 is 11.6 Å². The van der Waals surface area contributed by atoms with Crippen molar-refractivity contribution >= 4 is 23.0 Å². The lowest BCUT2D eigenvalue weighted by atomic mass is 10.3. The number of hydrogen-bond donors (Lipinski definition) is 1. The molecular weight excluding hydrogens is 228 g/mol. The standard InChI is InChI=1S/C10H7ClN4O/c1-16-8-2-3-10(9(11)4-8)15-14-7(5-12)6-13/h2-4,15H,1H3. The lowest BCUT2D eigenvalue weighted by molar-refractivity contribution is 0.415. The van der Waals surface area contributed by atoms with Gasteiger partial charge in [-0.3, -0.25) is 5.43 Å². The molecule has 0 heterocycles. The maximum absolute atomic E-state index is 8.46. The van der Waals surface area contributed by atoms with E-state index in [1.807, 2.05) is 0 Å². The Kier molecular flexibility index (Phi) is 4.14. The summed E-state index contributed by atoms with van der Waals surface area (Å²) in [5.41, 5.74) is 2.74. The molecular formula is C10H7ClN4O. The van der Waals surface area contributed by atoms with Crippen LogP contribution in [0.25, 0.3) is 0 Å². The number of nitrogens with one attached hydrogen (secondary N) is 1. The molecule has 0 saturated heterocycles. The first-order chi connectivity index (χ1) is 7.71. The van der Waals surface area contributed by atoms with Crippen molar-refractivity contribution in [3.63, 3.8) is 0 Å². The molecule has 5 nitrogen and oxygen atoms in total. The van der Waals surface area contributed by atoms with Gasteiger partial charge in [-0.1, -0.05) is 11.6 Å². The molecule has 0 aromatic heterocycles. The SMILES string of the molecule is COc1ccc(NN=C(C#N)C#N)c(Cl)c1. The molecule has 0 amide bonds. The zero-order valence-electron chi connectivity index (χ0n) is 8.36. The van der Waals surface area contributed by atoms with Crippen molar-refractivity contribution in [3.8, 4) is 17.9 Å². The second-order valence-corrected chi connectivity index (χ2v) is 3.05. The number of halogens is 1. The lowest BCUT2D eigenvalue weighted by Gasteiger charge is -2.05. The van der Waals surface area contributed by atoms with Gasteiger partial charge in [-0.05, 0) is 12.1 Å². The Morgan fingerprint density at radius 3 is 2.62 bits per heavy atom. The van der Waals surface area contributed by atoms with Crippen molar-refractivity contribution in [2.24, 2.45) is 5.10 Å². The Hall–Kier alpha value is -2.24. The molecule has 0 aliphatic rings. The number of hydrogen-bond acceptors (Lipinski definition) is 5. The average molecular weight is 235 g/mol. The van der Waals surface area contributed by atoms with E-state index in [4.69, 9.17) is 26.9 Å². The summed E-state index contributed by atoms with van der Waals surface area (Å²) < 4.78 is 4.97. The molecule has 80 valence electrons. The summed E-state index contributed by atoms with van der Waals surface area (Å²) in [6, 6.07) is 8.16. The number of rotatable bonds is 3. The van der Waals surface area contributed by atoms with Gasteiger partial charge in [0.2, 0.25) is 5.71 Å². The lowest BCUT2D eigenvalue weighted by Crippen LogP contribution is -1.97. The third-order valence-corrected chi connectivity index (χ3v) is 1.99. The fourth-order valence-corrected chi connectivity index (χ4v) is 1.12. The topological polar surface area (TPSA) is 81.2 Å². The summed E-state index contributed by atoms with van der Waals surface area (Å²) in [6.45, 7) is 0. The molecule has 0 fully saturated rings. The fraction of sp³-hybridized carbons (Fsp3) is 0.100. The first kappa shape index (κ1) is 11.8. The highest BCUT2D eigenvalue weighted by atomic mass is 35.5. The number of nitriles is 2. The van der Waals surface area contributed by atoms with Gasteiger partial charge in [0.15, 0.2) is 0 Å². The summed E-state index contributed by atoms with van der Waals surface area (Å²) in [5.74, 6) is 0.611. The van der Waals surface area contributed by atoms with E-state index in [1.165, 1.54) is 7.11 Å². The molecule has 0 spiro atoms. The Morgan fingerprint density at radius 1 is 1.44 bits per heavy atom. The summed E-state index contributed by atoms with van der Waals surface area (Å²) >= 11 is 5.90. The predicted molar refractivity (Wildman–Crippen MR) is 60.3 cm³/mol. The average Bonchev–Trinajstić information content (AvgIpc) is 2.32. The van der Waals surface area contributed by atoms with Crippen molar-refractivity contribution in [1.82, 2.24) is 0 Å². The van der Waals surface area contributed by atoms with Crippen LogP contribution in [0.4, 0.5) is 5.69 Å². The normalized spacial score (nSPS) is 8.50. The molecule has 6 heteroatoms. The van der Waals surface area contributed by atoms with Crippen molar-refractivity contribution < 1.29 is 4.74 Å². The third-order valence-electron chi connectivity index (χ3n) is 1.68. The molecule has 0 radical (unpaired) electrons. The van der Waals surface area contributed by atoms with E-state index in [0.29, 0.717) is 16.5 Å². The Balaban J connectivity index is 2.88. The smallest absolute Gasteiger partial charge is 0.237 e. The quantitative estimate of drug-likeness (QED) is 0.642. The number of methoxy groups -OCH3 is 1. The van der Waals surface area contributed by atoms with E-state index in [0.717, 1.165) is 0 Å². The zero-order valence-corrected chi connectivity index (χ0v) is 9.12. The van der Waals surface area contributed by atoms with Crippen LogP contribution in [-0.4, -0.2) is 12.8 Å². The van der Waals surface area contributed by atoms with Crippen LogP contribution < -0.4 is 10.2 Å². The monoisotopic (exact) mass is 234 g/mol. The summed E-state index contributed by atoms with van der Waals surface area (Å²) in [6.07, 6.45) is 0. The number of anilines is 1. The van der Waals surface area contributed by atoms with Crippen LogP contribution in [0.15, 0.2) is 23.3 Å². The second-order valence-electron chi connectivity index (χ2n) is 2.64. The summed E-state index contributed by atoms with van der Waals surface area (Å²) in [5, 5.41) is 20.9. The van der Waals surface area contributed by atoms with Crippen molar-refractivity contribution in [2.75, 3.05) is 12.5 Å². The van der Waals surface area contributed by atoms with Gasteiger partial charge < -0.3 is 4.74 Å². The Bertz CT molecular complexity index is 483. The van der Waals surface area contributed by atoms with Gasteiger partial charge in [-0.25, -0.2) is 0 Å². The highest BCUT2D eigenvalue weighted by Gasteiger charge is 2.01. The molecule has 0 unspecified atom stereocenters. The van der Waals surface area contributed by atoms with Crippen molar-refractivity contribution in [1.29, 1.82) is 10.5 Å². The van der Waals surface area contributed by atoms with Crippen molar-refractivity contribution in [2.45, 2.75) is 0 Å². The van der Waals surface area contributed by atoms with Crippen LogP contribution in [-0.2, 0) is 0 Å². The highest BCUT2D eigenvalue weighted by molar-refractivity contribution is 6.33. The first-order valence-electron chi connectivity index (χ1n) is 4.18. The molecule has 16 heavy (non-hydrogen) atoms. The van der Waals surface area contributed by atoms with Gasteiger partial charge in [0, 0.05) is 6.07 Å². The Labute approximate surface area is 97.5 Å². The predicted octanol–water partition coefficient (Wildman–Crippen LogP) is 2.16. The minimum absolute atomic E-state index is 0.271. The van der Waals surface area contributed by atoms with Crippen LogP contribution in [0.5, 0.6) is 5.75 Å². The molecule has 0 saturated carbocycles. The van der Waals surface area contributed by atoms with Crippen LogP contribution in [0.3, 0.4) is 0 Å². The van der Waals surface area contributed by atoms with E-state index < -0.39 is 0 Å². The molecule has 0 aliphatic carbocycles. The van der Waals surface area contributed by atoms with E-state index in [-0.39, 0.29) is 5.71 Å². The van der Waals surface area contributed by atoms with Crippen LogP contribution in [0.1, 0.15) is 0 Å².